The van der Waals surface area contributed by atoms with Crippen molar-refractivity contribution in [3.05, 3.63) is 0 Å². The Morgan fingerprint density at radius 3 is 2.11 bits per heavy atom. The van der Waals surface area contributed by atoms with Crippen LogP contribution in [0.5, 0.6) is 0 Å². The van der Waals surface area contributed by atoms with Gasteiger partial charge in [0.2, 0.25) is 5.91 Å². The van der Waals surface area contributed by atoms with E-state index < -0.39 is 73.2 Å². The molecule has 210 valence electrons. The molecule has 0 aromatic heterocycles. The van der Waals surface area contributed by atoms with Crippen molar-refractivity contribution in [3.8, 4) is 0 Å². The van der Waals surface area contributed by atoms with Gasteiger partial charge >= 0.3 is 5.97 Å². The zero-order valence-corrected chi connectivity index (χ0v) is 22.5. The topological polar surface area (TPSA) is 164 Å². The highest BCUT2D eigenvalue weighted by molar-refractivity contribution is 5.73. The fourth-order valence-corrected chi connectivity index (χ4v) is 4.80. The van der Waals surface area contributed by atoms with Gasteiger partial charge in [-0.3, -0.25) is 4.79 Å². The molecule has 2 aliphatic heterocycles. The number of carbonyl (C=O) groups excluding carboxylic acids is 1. The Morgan fingerprint density at radius 2 is 1.64 bits per heavy atom. The molecule has 0 aromatic rings. The lowest BCUT2D eigenvalue weighted by molar-refractivity contribution is -0.333. The maximum Gasteiger partial charge on any atom is 0.335 e. The number of carboxylic acids is 1. The Labute approximate surface area is 213 Å². The number of hydrogen-bond acceptors (Lipinski definition) is 9. The van der Waals surface area contributed by atoms with Crippen LogP contribution in [0.2, 0.25) is 0 Å². The molecule has 4 unspecified atom stereocenters. The van der Waals surface area contributed by atoms with Crippen LogP contribution in [0.4, 0.5) is 0 Å². The Kier molecular flexibility index (Phi) is 10.7. The molecule has 5 N–H and O–H groups in total. The number of carbonyl (C=O) groups is 2. The largest absolute Gasteiger partial charge is 0.479 e. The van der Waals surface area contributed by atoms with Gasteiger partial charge in [-0.15, -0.1) is 0 Å². The second-order valence-electron chi connectivity index (χ2n) is 10.8. The highest BCUT2D eigenvalue weighted by Gasteiger charge is 2.53. The minimum absolute atomic E-state index is 0.230. The number of nitrogens with one attached hydrogen (secondary N) is 1. The lowest BCUT2D eigenvalue weighted by Crippen LogP contribution is -2.65. The Bertz CT molecular complexity index is 742. The van der Waals surface area contributed by atoms with Crippen LogP contribution >= 0.6 is 0 Å². The van der Waals surface area contributed by atoms with Crippen molar-refractivity contribution in [2.75, 3.05) is 6.61 Å². The smallest absolute Gasteiger partial charge is 0.335 e. The monoisotopic (exact) mass is 519 g/mol. The van der Waals surface area contributed by atoms with Crippen molar-refractivity contribution in [2.45, 2.75) is 135 Å². The molecule has 2 aliphatic rings. The van der Waals surface area contributed by atoms with Crippen molar-refractivity contribution in [3.63, 3.8) is 0 Å². The van der Waals surface area contributed by atoms with Crippen LogP contribution in [0.3, 0.4) is 0 Å². The zero-order chi connectivity index (χ0) is 27.4. The molecule has 2 saturated heterocycles. The molecule has 0 aliphatic carbocycles. The molecule has 0 bridgehead atoms. The molecular formula is C25H45NO10. The van der Waals surface area contributed by atoms with Crippen LogP contribution in [0.25, 0.3) is 0 Å². The minimum atomic E-state index is -1.62. The molecule has 36 heavy (non-hydrogen) atoms. The van der Waals surface area contributed by atoms with E-state index in [1.165, 1.54) is 6.92 Å². The van der Waals surface area contributed by atoms with Crippen LogP contribution in [-0.4, -0.2) is 99.6 Å². The van der Waals surface area contributed by atoms with Crippen molar-refractivity contribution in [1.82, 2.24) is 5.32 Å². The summed E-state index contributed by atoms with van der Waals surface area (Å²) in [4.78, 5) is 23.9. The Hall–Kier alpha value is -1.34. The van der Waals surface area contributed by atoms with E-state index in [2.05, 4.69) is 12.2 Å². The molecule has 9 atom stereocenters. The molecule has 0 saturated carbocycles. The maximum absolute atomic E-state index is 12.0. The van der Waals surface area contributed by atoms with Gasteiger partial charge in [0.25, 0.3) is 0 Å². The molecule has 0 aromatic carbocycles. The normalized spacial score (nSPS) is 35.9. The SMILES string of the molecule is CCC(C)(C)O[C@@H]1C(C(=O)O)O[C@@H](O[C@H]2CC(NC(C)=O)[C@H](C(C)(CC)CC)OC2CO)C(O)[C@H]1O. The summed E-state index contributed by atoms with van der Waals surface area (Å²) in [5, 5.41) is 44.3. The highest BCUT2D eigenvalue weighted by atomic mass is 16.7. The predicted molar refractivity (Wildman–Crippen MR) is 129 cm³/mol. The number of hydrogen-bond donors (Lipinski definition) is 5. The third-order valence-corrected chi connectivity index (χ3v) is 7.86. The first-order valence-electron chi connectivity index (χ1n) is 12.8. The van der Waals surface area contributed by atoms with Crippen LogP contribution in [0.15, 0.2) is 0 Å². The lowest BCUT2D eigenvalue weighted by atomic mass is 9.73. The van der Waals surface area contributed by atoms with E-state index in [-0.39, 0.29) is 17.7 Å². The van der Waals surface area contributed by atoms with Gasteiger partial charge in [-0.1, -0.05) is 27.7 Å². The van der Waals surface area contributed by atoms with Gasteiger partial charge in [-0.05, 0) is 44.9 Å². The summed E-state index contributed by atoms with van der Waals surface area (Å²) in [5.74, 6) is -1.62. The molecule has 2 heterocycles. The summed E-state index contributed by atoms with van der Waals surface area (Å²) in [6, 6.07) is -0.456. The van der Waals surface area contributed by atoms with Gasteiger partial charge in [0.05, 0.1) is 30.5 Å². The minimum Gasteiger partial charge on any atom is -0.479 e. The van der Waals surface area contributed by atoms with Gasteiger partial charge in [0.1, 0.15) is 24.4 Å². The third kappa shape index (κ3) is 6.94. The lowest BCUT2D eigenvalue weighted by Gasteiger charge is -2.50. The fourth-order valence-electron chi connectivity index (χ4n) is 4.80. The van der Waals surface area contributed by atoms with E-state index in [1.54, 1.807) is 13.8 Å². The van der Waals surface area contributed by atoms with Crippen LogP contribution in [0, 0.1) is 5.41 Å². The number of aliphatic hydroxyl groups is 3. The summed E-state index contributed by atoms with van der Waals surface area (Å²) >= 11 is 0. The third-order valence-electron chi connectivity index (χ3n) is 7.86. The molecule has 0 radical (unpaired) electrons. The van der Waals surface area contributed by atoms with Gasteiger partial charge in [0, 0.05) is 6.92 Å². The van der Waals surface area contributed by atoms with E-state index >= 15 is 0 Å². The summed E-state index contributed by atoms with van der Waals surface area (Å²) in [5.41, 5.74) is -1.05. The highest BCUT2D eigenvalue weighted by Crippen LogP contribution is 2.40. The molecule has 2 fully saturated rings. The second kappa shape index (κ2) is 12.5. The number of ether oxygens (including phenoxy) is 4. The molecule has 11 nitrogen and oxygen atoms in total. The molecule has 2 rings (SSSR count). The second-order valence-corrected chi connectivity index (χ2v) is 10.8. The first kappa shape index (κ1) is 30.9. The van der Waals surface area contributed by atoms with E-state index in [1.807, 2.05) is 20.8 Å². The summed E-state index contributed by atoms with van der Waals surface area (Å²) in [6.45, 7) is 12.5. The Balaban J connectivity index is 2.28. The maximum atomic E-state index is 12.0. The van der Waals surface area contributed by atoms with Gasteiger partial charge in [0.15, 0.2) is 12.4 Å². The zero-order valence-electron chi connectivity index (χ0n) is 22.5. The summed E-state index contributed by atoms with van der Waals surface area (Å²) in [7, 11) is 0. The molecular weight excluding hydrogens is 474 g/mol. The van der Waals surface area contributed by atoms with Gasteiger partial charge in [-0.25, -0.2) is 4.79 Å². The molecule has 11 heteroatoms. The van der Waals surface area contributed by atoms with Gasteiger partial charge < -0.3 is 44.7 Å². The number of rotatable bonds is 11. The summed E-state index contributed by atoms with van der Waals surface area (Å²) < 4.78 is 23.6. The van der Waals surface area contributed by atoms with E-state index in [0.29, 0.717) is 6.42 Å². The number of amides is 1. The Morgan fingerprint density at radius 1 is 1.03 bits per heavy atom. The van der Waals surface area contributed by atoms with Crippen LogP contribution in [0.1, 0.15) is 74.1 Å². The average molecular weight is 520 g/mol. The molecule has 0 spiro atoms. The standard InChI is InChI=1S/C25H45NO10/c1-8-24(5,6)36-19-17(29)18(30)23(35-20(19)22(31)32)34-15-11-14(26-13(4)28)21(33-16(15)12-27)25(7,9-2)10-3/h14-21,23,27,29-30H,8-12H2,1-7H3,(H,26,28)(H,31,32)/t14?,15-,16?,17+,18?,19-,20?,21+,23+/m0/s1. The van der Waals surface area contributed by atoms with Crippen molar-refractivity contribution in [1.29, 1.82) is 0 Å². The first-order valence-corrected chi connectivity index (χ1v) is 12.8. The van der Waals surface area contributed by atoms with E-state index in [4.69, 9.17) is 18.9 Å². The number of aliphatic hydroxyl groups excluding tert-OH is 3. The average Bonchev–Trinajstić information content (AvgIpc) is 2.82. The van der Waals surface area contributed by atoms with E-state index in [0.717, 1.165) is 12.8 Å². The quantitative estimate of drug-likeness (QED) is 0.265. The van der Waals surface area contributed by atoms with Crippen LogP contribution in [-0.2, 0) is 28.5 Å². The van der Waals surface area contributed by atoms with Crippen molar-refractivity contribution < 1.29 is 49.0 Å². The van der Waals surface area contributed by atoms with Crippen molar-refractivity contribution >= 4 is 11.9 Å². The molecule has 1 amide bonds. The van der Waals surface area contributed by atoms with Crippen molar-refractivity contribution in [2.24, 2.45) is 5.41 Å². The first-order chi connectivity index (χ1) is 16.7. The number of aliphatic carboxylic acids is 1. The van der Waals surface area contributed by atoms with Crippen LogP contribution < -0.4 is 5.32 Å². The van der Waals surface area contributed by atoms with Gasteiger partial charge in [-0.2, -0.15) is 0 Å². The van der Waals surface area contributed by atoms with E-state index in [9.17, 15) is 30.0 Å². The summed E-state index contributed by atoms with van der Waals surface area (Å²) in [6.07, 6.45) is -7.42. The number of carboxylic acid groups (broad SMARTS) is 1. The fraction of sp³-hybridized carbons (Fsp3) is 0.920. The predicted octanol–water partition coefficient (Wildman–Crippen LogP) is 0.958.